The fourth-order valence-electron chi connectivity index (χ4n) is 4.20. The van der Waals surface area contributed by atoms with Crippen LogP contribution in [0.4, 0.5) is 0 Å². The number of hydrogen-bond acceptors (Lipinski definition) is 5. The molecule has 1 fully saturated rings. The zero-order valence-electron chi connectivity index (χ0n) is 20.2. The molecule has 0 aliphatic carbocycles. The minimum Gasteiger partial charge on any atom is -0.461 e. The molecule has 6 nitrogen and oxygen atoms in total. The smallest absolute Gasteiger partial charge is 0.328 e. The van der Waals surface area contributed by atoms with Gasteiger partial charge < -0.3 is 14.8 Å². The van der Waals surface area contributed by atoms with Crippen LogP contribution in [-0.2, 0) is 23.9 Å². The highest BCUT2D eigenvalue weighted by Crippen LogP contribution is 2.32. The Morgan fingerprint density at radius 3 is 2.29 bits per heavy atom. The predicted molar refractivity (Wildman–Crippen MR) is 122 cm³/mol. The fraction of sp³-hybridized carbons (Fsp3) is 0.880. The first-order chi connectivity index (χ1) is 14.9. The highest BCUT2D eigenvalue weighted by Gasteiger charge is 2.43. The molecule has 1 aliphatic rings. The molecule has 180 valence electrons. The molecule has 1 rings (SSSR count). The molecule has 1 amide bonds. The number of cyclic esters (lactones) is 1. The number of amides is 1. The monoisotopic (exact) mass is 439 g/mol. The number of rotatable bonds is 19. The second kappa shape index (κ2) is 16.1. The number of carbonyl (C=O) groups excluding carboxylic acids is 3. The van der Waals surface area contributed by atoms with Crippen molar-refractivity contribution in [3.05, 3.63) is 0 Å². The Morgan fingerprint density at radius 2 is 1.71 bits per heavy atom. The highest BCUT2D eigenvalue weighted by atomic mass is 16.6. The lowest BCUT2D eigenvalue weighted by Crippen LogP contribution is -2.48. The highest BCUT2D eigenvalue weighted by molar-refractivity contribution is 5.79. The van der Waals surface area contributed by atoms with Crippen LogP contribution < -0.4 is 5.32 Å². The van der Waals surface area contributed by atoms with E-state index in [1.165, 1.54) is 32.1 Å². The molecule has 1 N–H and O–H groups in total. The summed E-state index contributed by atoms with van der Waals surface area (Å²) in [6.07, 6.45) is 13.0. The van der Waals surface area contributed by atoms with Crippen molar-refractivity contribution in [1.29, 1.82) is 0 Å². The van der Waals surface area contributed by atoms with Gasteiger partial charge in [-0.15, -0.1) is 0 Å². The van der Waals surface area contributed by atoms with E-state index >= 15 is 0 Å². The molecule has 0 aromatic carbocycles. The van der Waals surface area contributed by atoms with Crippen LogP contribution in [0.25, 0.3) is 0 Å². The average molecular weight is 440 g/mol. The van der Waals surface area contributed by atoms with Crippen LogP contribution in [0.2, 0.25) is 0 Å². The lowest BCUT2D eigenvalue weighted by Gasteiger charge is -2.37. The first-order valence-electron chi connectivity index (χ1n) is 12.5. The van der Waals surface area contributed by atoms with Gasteiger partial charge in [0.1, 0.15) is 18.2 Å². The van der Waals surface area contributed by atoms with E-state index in [2.05, 4.69) is 19.2 Å². The number of ether oxygens (including phenoxy) is 2. The Morgan fingerprint density at radius 1 is 1.06 bits per heavy atom. The Hall–Kier alpha value is -1.59. The van der Waals surface area contributed by atoms with Crippen LogP contribution in [0.3, 0.4) is 0 Å². The van der Waals surface area contributed by atoms with E-state index in [-0.39, 0.29) is 36.0 Å². The van der Waals surface area contributed by atoms with Crippen LogP contribution in [0, 0.1) is 11.8 Å². The quantitative estimate of drug-likeness (QED) is 0.167. The Kier molecular flexibility index (Phi) is 14.3. The van der Waals surface area contributed by atoms with Gasteiger partial charge in [0.2, 0.25) is 6.41 Å². The summed E-state index contributed by atoms with van der Waals surface area (Å²) >= 11 is 0. The lowest BCUT2D eigenvalue weighted by molar-refractivity contribution is -0.190. The second-order valence-corrected chi connectivity index (χ2v) is 9.40. The van der Waals surface area contributed by atoms with Crippen molar-refractivity contribution in [1.82, 2.24) is 5.32 Å². The molecule has 1 saturated heterocycles. The summed E-state index contributed by atoms with van der Waals surface area (Å²) in [5.41, 5.74) is 0. The molecule has 4 atom stereocenters. The van der Waals surface area contributed by atoms with Crippen molar-refractivity contribution in [2.75, 3.05) is 0 Å². The Balaban J connectivity index is 2.66. The number of carbonyl (C=O) groups is 3. The standard InChI is InChI=1S/C25H45NO5/c1-5-7-9-11-12-14-20(30-25(29)22(26-18-27)16-19(3)4)17-23-21(24(28)31-23)15-13-10-8-6-2/h18-23H,5-17H2,1-4H3,(H,26,27)/t20-,21-,22-,23-/m0/s1. The van der Waals surface area contributed by atoms with E-state index in [1.54, 1.807) is 0 Å². The molecule has 1 aliphatic heterocycles. The van der Waals surface area contributed by atoms with Gasteiger partial charge in [-0.3, -0.25) is 9.59 Å². The van der Waals surface area contributed by atoms with Gasteiger partial charge >= 0.3 is 11.9 Å². The summed E-state index contributed by atoms with van der Waals surface area (Å²) in [6.45, 7) is 8.38. The summed E-state index contributed by atoms with van der Waals surface area (Å²) in [6, 6.07) is -0.631. The van der Waals surface area contributed by atoms with E-state index in [9.17, 15) is 14.4 Å². The topological polar surface area (TPSA) is 81.7 Å². The molecular formula is C25H45NO5. The molecular weight excluding hydrogens is 394 g/mol. The molecule has 6 heteroatoms. The fourth-order valence-corrected chi connectivity index (χ4v) is 4.20. The summed E-state index contributed by atoms with van der Waals surface area (Å²) in [7, 11) is 0. The molecule has 0 spiro atoms. The zero-order valence-corrected chi connectivity index (χ0v) is 20.2. The van der Waals surface area contributed by atoms with Crippen molar-refractivity contribution >= 4 is 18.3 Å². The molecule has 31 heavy (non-hydrogen) atoms. The number of nitrogens with one attached hydrogen (secondary N) is 1. The minimum atomic E-state index is -0.631. The average Bonchev–Trinajstić information content (AvgIpc) is 2.72. The van der Waals surface area contributed by atoms with E-state index < -0.39 is 6.04 Å². The van der Waals surface area contributed by atoms with E-state index in [0.717, 1.165) is 38.5 Å². The Bertz CT molecular complexity index is 522. The van der Waals surface area contributed by atoms with E-state index in [1.807, 2.05) is 13.8 Å². The number of unbranched alkanes of at least 4 members (excludes halogenated alkanes) is 7. The van der Waals surface area contributed by atoms with Crippen molar-refractivity contribution in [2.45, 2.75) is 129 Å². The third-order valence-electron chi connectivity index (χ3n) is 6.06. The van der Waals surface area contributed by atoms with Gasteiger partial charge in [-0.2, -0.15) is 0 Å². The van der Waals surface area contributed by atoms with Gasteiger partial charge in [0.15, 0.2) is 0 Å². The van der Waals surface area contributed by atoms with E-state index in [0.29, 0.717) is 19.3 Å². The largest absolute Gasteiger partial charge is 0.461 e. The maximum Gasteiger partial charge on any atom is 0.328 e. The zero-order chi connectivity index (χ0) is 23.1. The lowest BCUT2D eigenvalue weighted by atomic mass is 9.86. The van der Waals surface area contributed by atoms with Crippen LogP contribution in [0.5, 0.6) is 0 Å². The third-order valence-corrected chi connectivity index (χ3v) is 6.06. The first-order valence-corrected chi connectivity index (χ1v) is 12.5. The normalized spacial score (nSPS) is 20.0. The van der Waals surface area contributed by atoms with Gasteiger partial charge in [-0.05, 0) is 31.6 Å². The van der Waals surface area contributed by atoms with Gasteiger partial charge in [0, 0.05) is 6.42 Å². The van der Waals surface area contributed by atoms with Gasteiger partial charge in [-0.25, -0.2) is 4.79 Å². The first kappa shape index (κ1) is 27.4. The second-order valence-electron chi connectivity index (χ2n) is 9.40. The third kappa shape index (κ3) is 11.0. The minimum absolute atomic E-state index is 0.0716. The Labute approximate surface area is 189 Å². The van der Waals surface area contributed by atoms with Gasteiger partial charge in [0.05, 0.1) is 5.92 Å². The number of esters is 2. The van der Waals surface area contributed by atoms with Gasteiger partial charge in [-0.1, -0.05) is 79.1 Å². The summed E-state index contributed by atoms with van der Waals surface area (Å²) in [4.78, 5) is 35.7. The molecule has 0 saturated carbocycles. The molecule has 0 bridgehead atoms. The van der Waals surface area contributed by atoms with E-state index in [4.69, 9.17) is 9.47 Å². The van der Waals surface area contributed by atoms with Crippen molar-refractivity contribution in [3.8, 4) is 0 Å². The maximum atomic E-state index is 12.7. The summed E-state index contributed by atoms with van der Waals surface area (Å²) in [5, 5.41) is 2.60. The molecule has 0 aromatic rings. The van der Waals surface area contributed by atoms with Crippen LogP contribution in [-0.4, -0.2) is 36.6 Å². The SMILES string of the molecule is CCCCCCC[C@@H](C[C@@H]1OC(=O)[C@H]1CCCCCC)OC(=O)[C@H](CC(C)C)NC=O. The van der Waals surface area contributed by atoms with Crippen LogP contribution in [0.15, 0.2) is 0 Å². The van der Waals surface area contributed by atoms with Crippen LogP contribution >= 0.6 is 0 Å². The molecule has 0 aromatic heterocycles. The van der Waals surface area contributed by atoms with Crippen molar-refractivity contribution < 1.29 is 23.9 Å². The molecule has 1 heterocycles. The molecule has 0 unspecified atom stereocenters. The molecule has 0 radical (unpaired) electrons. The van der Waals surface area contributed by atoms with Gasteiger partial charge in [0.25, 0.3) is 0 Å². The van der Waals surface area contributed by atoms with Crippen LogP contribution in [0.1, 0.15) is 111 Å². The predicted octanol–water partition coefficient (Wildman–Crippen LogP) is 5.32. The van der Waals surface area contributed by atoms with Crippen molar-refractivity contribution in [2.24, 2.45) is 11.8 Å². The summed E-state index contributed by atoms with van der Waals surface area (Å²) < 4.78 is 11.3. The number of hydrogen-bond donors (Lipinski definition) is 1. The summed E-state index contributed by atoms with van der Waals surface area (Å²) in [5.74, 6) is -0.311. The maximum absolute atomic E-state index is 12.7. The van der Waals surface area contributed by atoms with Crippen molar-refractivity contribution in [3.63, 3.8) is 0 Å².